The molecule has 1 aromatic rings. The second-order valence-corrected chi connectivity index (χ2v) is 6.19. The van der Waals surface area contributed by atoms with Crippen LogP contribution in [0.4, 0.5) is 0 Å². The fourth-order valence-corrected chi connectivity index (χ4v) is 3.76. The van der Waals surface area contributed by atoms with Crippen molar-refractivity contribution in [2.24, 2.45) is 5.73 Å². The molecule has 2 aliphatic rings. The van der Waals surface area contributed by atoms with Crippen molar-refractivity contribution in [3.8, 4) is 5.75 Å². The standard InChI is InChI=1S/C19H20N2O5/c1-5-25-17(23)15-16(20)26-13-9-7-6-8-12(13)19(15)14(11(3)22)10(2)21(4)18(19)24/h6-9H,5,20H2,1-4H3. The molecule has 7 heteroatoms. The van der Waals surface area contributed by atoms with Gasteiger partial charge in [-0.1, -0.05) is 18.2 Å². The van der Waals surface area contributed by atoms with E-state index in [0.717, 1.165) is 0 Å². The van der Waals surface area contributed by atoms with E-state index in [9.17, 15) is 14.4 Å². The number of nitrogens with zero attached hydrogens (tertiary/aromatic N) is 1. The number of allylic oxidation sites excluding steroid dienone is 1. The molecule has 1 spiro atoms. The van der Waals surface area contributed by atoms with Crippen molar-refractivity contribution in [3.63, 3.8) is 0 Å². The number of nitrogens with two attached hydrogens (primary N) is 1. The Bertz CT molecular complexity index is 899. The largest absolute Gasteiger partial charge is 0.462 e. The van der Waals surface area contributed by atoms with Crippen LogP contribution in [0.1, 0.15) is 26.3 Å². The summed E-state index contributed by atoms with van der Waals surface area (Å²) in [5, 5.41) is 0. The van der Waals surface area contributed by atoms with Gasteiger partial charge in [0.15, 0.2) is 5.78 Å². The highest BCUT2D eigenvalue weighted by molar-refractivity contribution is 6.18. The normalized spacial score (nSPS) is 21.8. The summed E-state index contributed by atoms with van der Waals surface area (Å²) in [6.07, 6.45) is 0. The van der Waals surface area contributed by atoms with Gasteiger partial charge in [-0.3, -0.25) is 9.59 Å². The van der Waals surface area contributed by atoms with Crippen molar-refractivity contribution >= 4 is 17.7 Å². The molecule has 7 nitrogen and oxygen atoms in total. The van der Waals surface area contributed by atoms with Crippen LogP contribution in [-0.2, 0) is 24.5 Å². The molecule has 26 heavy (non-hydrogen) atoms. The Morgan fingerprint density at radius 1 is 1.27 bits per heavy atom. The van der Waals surface area contributed by atoms with Crippen molar-refractivity contribution in [1.29, 1.82) is 0 Å². The second-order valence-electron chi connectivity index (χ2n) is 6.19. The number of likely N-dealkylation sites (N-methyl/N-ethyl adjacent to an activating group) is 1. The fraction of sp³-hybridized carbons (Fsp3) is 0.316. The van der Waals surface area contributed by atoms with Crippen molar-refractivity contribution in [3.05, 3.63) is 52.6 Å². The lowest BCUT2D eigenvalue weighted by Gasteiger charge is -2.36. The van der Waals surface area contributed by atoms with Crippen molar-refractivity contribution < 1.29 is 23.9 Å². The number of fused-ring (bicyclic) bond motifs is 2. The molecule has 0 radical (unpaired) electrons. The number of amides is 1. The van der Waals surface area contributed by atoms with Gasteiger partial charge in [-0.15, -0.1) is 0 Å². The molecule has 0 fully saturated rings. The molecule has 0 bridgehead atoms. The molecule has 0 aliphatic carbocycles. The van der Waals surface area contributed by atoms with E-state index in [0.29, 0.717) is 17.0 Å². The predicted molar refractivity (Wildman–Crippen MR) is 92.7 cm³/mol. The summed E-state index contributed by atoms with van der Waals surface area (Å²) < 4.78 is 10.7. The number of benzene rings is 1. The van der Waals surface area contributed by atoms with Gasteiger partial charge in [-0.25, -0.2) is 4.79 Å². The first kappa shape index (κ1) is 17.7. The second kappa shape index (κ2) is 6.01. The number of para-hydroxylation sites is 1. The van der Waals surface area contributed by atoms with Crippen LogP contribution in [0.15, 0.2) is 47.0 Å². The van der Waals surface area contributed by atoms with Gasteiger partial charge in [0.25, 0.3) is 0 Å². The van der Waals surface area contributed by atoms with Gasteiger partial charge in [0, 0.05) is 23.9 Å². The van der Waals surface area contributed by atoms with Gasteiger partial charge in [-0.2, -0.15) is 0 Å². The third kappa shape index (κ3) is 2.09. The van der Waals surface area contributed by atoms with Crippen LogP contribution in [0, 0.1) is 0 Å². The fourth-order valence-electron chi connectivity index (χ4n) is 3.76. The Morgan fingerprint density at radius 3 is 2.54 bits per heavy atom. The van der Waals surface area contributed by atoms with Gasteiger partial charge in [0.2, 0.25) is 11.8 Å². The number of hydrogen-bond acceptors (Lipinski definition) is 6. The van der Waals surface area contributed by atoms with E-state index >= 15 is 0 Å². The minimum atomic E-state index is -1.67. The maximum absolute atomic E-state index is 13.4. The zero-order chi connectivity index (χ0) is 19.2. The summed E-state index contributed by atoms with van der Waals surface area (Å²) in [6.45, 7) is 4.77. The van der Waals surface area contributed by atoms with E-state index in [1.54, 1.807) is 45.2 Å². The number of Topliss-reactive ketones (excluding diaryl/α,β-unsaturated/α-hetero) is 1. The first-order valence-corrected chi connectivity index (χ1v) is 8.23. The topological polar surface area (TPSA) is 98.9 Å². The highest BCUT2D eigenvalue weighted by atomic mass is 16.5. The molecule has 136 valence electrons. The monoisotopic (exact) mass is 356 g/mol. The van der Waals surface area contributed by atoms with E-state index in [-0.39, 0.29) is 29.4 Å². The lowest BCUT2D eigenvalue weighted by molar-refractivity contribution is -0.142. The predicted octanol–water partition coefficient (Wildman–Crippen LogP) is 1.39. The Kier molecular flexibility index (Phi) is 4.10. The van der Waals surface area contributed by atoms with Crippen molar-refractivity contribution in [2.75, 3.05) is 13.7 Å². The zero-order valence-electron chi connectivity index (χ0n) is 15.1. The Hall–Kier alpha value is -3.09. The van der Waals surface area contributed by atoms with Crippen LogP contribution in [0.3, 0.4) is 0 Å². The molecule has 2 heterocycles. The number of ketones is 1. The minimum Gasteiger partial charge on any atom is -0.462 e. The lowest BCUT2D eigenvalue weighted by atomic mass is 9.66. The van der Waals surface area contributed by atoms with Gasteiger partial charge in [0.05, 0.1) is 6.61 Å². The number of hydrogen-bond donors (Lipinski definition) is 1. The third-order valence-electron chi connectivity index (χ3n) is 4.83. The van der Waals surface area contributed by atoms with Crippen molar-refractivity contribution in [2.45, 2.75) is 26.2 Å². The third-order valence-corrected chi connectivity index (χ3v) is 4.83. The summed E-state index contributed by atoms with van der Waals surface area (Å²) >= 11 is 0. The quantitative estimate of drug-likeness (QED) is 0.822. The smallest absolute Gasteiger partial charge is 0.341 e. The van der Waals surface area contributed by atoms with E-state index in [2.05, 4.69) is 0 Å². The molecular formula is C19H20N2O5. The summed E-state index contributed by atoms with van der Waals surface area (Å²) in [4.78, 5) is 40.1. The molecule has 2 N–H and O–H groups in total. The molecule has 0 saturated heterocycles. The molecule has 1 atom stereocenters. The average Bonchev–Trinajstić information content (AvgIpc) is 2.77. The van der Waals surface area contributed by atoms with Crippen LogP contribution >= 0.6 is 0 Å². The van der Waals surface area contributed by atoms with Gasteiger partial charge < -0.3 is 20.1 Å². The van der Waals surface area contributed by atoms with Crippen LogP contribution in [0.2, 0.25) is 0 Å². The van der Waals surface area contributed by atoms with Gasteiger partial charge in [-0.05, 0) is 26.8 Å². The van der Waals surface area contributed by atoms with E-state index in [1.165, 1.54) is 11.8 Å². The van der Waals surface area contributed by atoms with Crippen LogP contribution in [0.5, 0.6) is 5.75 Å². The van der Waals surface area contributed by atoms with Gasteiger partial charge >= 0.3 is 5.97 Å². The van der Waals surface area contributed by atoms with E-state index in [4.69, 9.17) is 15.2 Å². The average molecular weight is 356 g/mol. The molecular weight excluding hydrogens is 336 g/mol. The Balaban J connectivity index is 2.45. The molecule has 1 aromatic carbocycles. The van der Waals surface area contributed by atoms with Crippen LogP contribution < -0.4 is 10.5 Å². The highest BCUT2D eigenvalue weighted by Crippen LogP contribution is 2.53. The summed E-state index contributed by atoms with van der Waals surface area (Å²) in [7, 11) is 1.56. The number of ether oxygens (including phenoxy) is 2. The maximum Gasteiger partial charge on any atom is 0.341 e. The number of carbonyl (C=O) groups excluding carboxylic acids is 3. The first-order valence-electron chi connectivity index (χ1n) is 8.23. The molecule has 0 saturated carbocycles. The molecule has 2 aliphatic heterocycles. The van der Waals surface area contributed by atoms with E-state index in [1.807, 2.05) is 0 Å². The molecule has 1 amide bonds. The number of carbonyl (C=O) groups is 3. The van der Waals surface area contributed by atoms with Crippen LogP contribution in [-0.4, -0.2) is 36.2 Å². The Morgan fingerprint density at radius 2 is 1.92 bits per heavy atom. The minimum absolute atomic E-state index is 0.0927. The summed E-state index contributed by atoms with van der Waals surface area (Å²) in [5.74, 6) is -1.46. The number of esters is 1. The molecule has 0 aromatic heterocycles. The Labute approximate surface area is 151 Å². The molecule has 3 rings (SSSR count). The van der Waals surface area contributed by atoms with Crippen LogP contribution in [0.25, 0.3) is 0 Å². The van der Waals surface area contributed by atoms with Crippen molar-refractivity contribution in [1.82, 2.24) is 4.90 Å². The zero-order valence-corrected chi connectivity index (χ0v) is 15.1. The molecule has 1 unspecified atom stereocenters. The van der Waals surface area contributed by atoms with E-state index < -0.39 is 17.3 Å². The summed E-state index contributed by atoms with van der Waals surface area (Å²) in [5.41, 5.74) is 5.29. The lowest BCUT2D eigenvalue weighted by Crippen LogP contribution is -2.48. The SMILES string of the molecule is CCOC(=O)C1=C(N)Oc2ccccc2C12C(=O)N(C)C(C)=C2C(C)=O. The number of rotatable bonds is 3. The van der Waals surface area contributed by atoms with Gasteiger partial charge in [0.1, 0.15) is 16.7 Å². The highest BCUT2D eigenvalue weighted by Gasteiger charge is 2.62. The summed E-state index contributed by atoms with van der Waals surface area (Å²) in [6, 6.07) is 6.74. The maximum atomic E-state index is 13.4. The first-order chi connectivity index (χ1) is 12.3.